The zero-order chi connectivity index (χ0) is 19.0. The van der Waals surface area contributed by atoms with E-state index in [2.05, 4.69) is 20.2 Å². The van der Waals surface area contributed by atoms with Crippen molar-refractivity contribution < 1.29 is 13.6 Å². The summed E-state index contributed by atoms with van der Waals surface area (Å²) in [6, 6.07) is 6.22. The number of carbonyl (C=O) groups excluding carboxylic acids is 1. The van der Waals surface area contributed by atoms with Crippen molar-refractivity contribution in [2.24, 2.45) is 5.92 Å². The maximum absolute atomic E-state index is 13.7. The first kappa shape index (κ1) is 17.5. The maximum Gasteiger partial charge on any atom is 0.231 e. The van der Waals surface area contributed by atoms with Gasteiger partial charge in [-0.25, -0.2) is 14.4 Å². The summed E-state index contributed by atoms with van der Waals surface area (Å²) < 4.78 is 19.4. The molecule has 0 unspecified atom stereocenters. The van der Waals surface area contributed by atoms with Gasteiger partial charge in [-0.1, -0.05) is 12.1 Å². The van der Waals surface area contributed by atoms with Gasteiger partial charge in [0.05, 0.1) is 11.1 Å². The molecule has 1 aliphatic rings. The number of carbonyl (C=O) groups is 1. The Labute approximate surface area is 156 Å². The summed E-state index contributed by atoms with van der Waals surface area (Å²) in [6.07, 6.45) is 2.88. The van der Waals surface area contributed by atoms with Crippen LogP contribution in [-0.4, -0.2) is 29.0 Å². The molecule has 1 saturated heterocycles. The summed E-state index contributed by atoms with van der Waals surface area (Å²) in [6.45, 7) is 5.32. The molecule has 1 fully saturated rings. The lowest BCUT2D eigenvalue weighted by Crippen LogP contribution is -2.38. The number of piperidine rings is 1. The Balaban J connectivity index is 1.47. The predicted octanol–water partition coefficient (Wildman–Crippen LogP) is 3.83. The number of hydrogen-bond acceptors (Lipinski definition) is 5. The van der Waals surface area contributed by atoms with Gasteiger partial charge < -0.3 is 14.6 Å². The number of nitrogens with one attached hydrogen (secondary N) is 1. The second-order valence-electron chi connectivity index (χ2n) is 6.89. The number of benzene rings is 1. The molecular formula is C20H21FN4O2. The summed E-state index contributed by atoms with van der Waals surface area (Å²) in [5.41, 5.74) is 1.86. The Hall–Kier alpha value is -2.96. The number of rotatable bonds is 3. The fraction of sp³-hybridized carbons (Fsp3) is 0.350. The molecule has 6 nitrogen and oxygen atoms in total. The van der Waals surface area contributed by atoms with Crippen molar-refractivity contribution in [2.45, 2.75) is 26.7 Å². The van der Waals surface area contributed by atoms with Crippen LogP contribution in [0.25, 0.3) is 11.1 Å². The minimum atomic E-state index is -0.419. The molecule has 1 N–H and O–H groups in total. The molecule has 0 bridgehead atoms. The number of aromatic nitrogens is 2. The number of aryl methyl sites for hydroxylation is 2. The van der Waals surface area contributed by atoms with E-state index < -0.39 is 5.82 Å². The highest BCUT2D eigenvalue weighted by Gasteiger charge is 2.28. The highest BCUT2D eigenvalue weighted by Crippen LogP contribution is 2.32. The molecule has 0 aliphatic carbocycles. The van der Waals surface area contributed by atoms with Crippen LogP contribution in [0.15, 0.2) is 35.0 Å². The second-order valence-corrected chi connectivity index (χ2v) is 6.89. The van der Waals surface area contributed by atoms with Gasteiger partial charge in [-0.3, -0.25) is 4.79 Å². The third-order valence-corrected chi connectivity index (χ3v) is 5.24. The van der Waals surface area contributed by atoms with E-state index >= 15 is 0 Å². The molecule has 2 aromatic heterocycles. The van der Waals surface area contributed by atoms with E-state index in [1.165, 1.54) is 12.4 Å². The van der Waals surface area contributed by atoms with Crippen LogP contribution < -0.4 is 10.2 Å². The van der Waals surface area contributed by atoms with Gasteiger partial charge in [-0.2, -0.15) is 0 Å². The number of fused-ring (bicyclic) bond motifs is 1. The normalized spacial score (nSPS) is 15.3. The lowest BCUT2D eigenvalue weighted by molar-refractivity contribution is -0.120. The first-order valence-corrected chi connectivity index (χ1v) is 9.05. The fourth-order valence-electron chi connectivity index (χ4n) is 3.55. The Morgan fingerprint density at radius 3 is 2.70 bits per heavy atom. The van der Waals surface area contributed by atoms with Gasteiger partial charge in [0, 0.05) is 24.6 Å². The minimum absolute atomic E-state index is 0.136. The van der Waals surface area contributed by atoms with Crippen molar-refractivity contribution in [3.63, 3.8) is 0 Å². The summed E-state index contributed by atoms with van der Waals surface area (Å²) in [5.74, 6) is 0.985. The molecule has 0 atom stereocenters. The van der Waals surface area contributed by atoms with Crippen molar-refractivity contribution in [1.29, 1.82) is 0 Å². The summed E-state index contributed by atoms with van der Waals surface area (Å²) in [4.78, 5) is 23.3. The Kier molecular flexibility index (Phi) is 4.51. The van der Waals surface area contributed by atoms with Gasteiger partial charge in [0.25, 0.3) is 0 Å². The average Bonchev–Trinajstić information content (AvgIpc) is 2.98. The smallest absolute Gasteiger partial charge is 0.231 e. The predicted molar refractivity (Wildman–Crippen MR) is 101 cm³/mol. The van der Waals surface area contributed by atoms with Crippen LogP contribution in [0.4, 0.5) is 15.9 Å². The number of amides is 1. The fourth-order valence-corrected chi connectivity index (χ4v) is 3.55. The lowest BCUT2D eigenvalue weighted by Gasteiger charge is -2.32. The topological polar surface area (TPSA) is 71.3 Å². The third kappa shape index (κ3) is 3.25. The average molecular weight is 368 g/mol. The summed E-state index contributed by atoms with van der Waals surface area (Å²) >= 11 is 0. The van der Waals surface area contributed by atoms with Crippen LogP contribution in [0.3, 0.4) is 0 Å². The second kappa shape index (κ2) is 6.98. The first-order chi connectivity index (χ1) is 13.0. The van der Waals surface area contributed by atoms with E-state index in [1.54, 1.807) is 18.2 Å². The van der Waals surface area contributed by atoms with Gasteiger partial charge in [-0.05, 0) is 38.8 Å². The van der Waals surface area contributed by atoms with Gasteiger partial charge in [0.1, 0.15) is 23.7 Å². The van der Waals surface area contributed by atoms with E-state index in [-0.39, 0.29) is 17.5 Å². The van der Waals surface area contributed by atoms with E-state index in [4.69, 9.17) is 4.42 Å². The molecule has 1 amide bonds. The molecule has 4 rings (SSSR count). The first-order valence-electron chi connectivity index (χ1n) is 9.05. The van der Waals surface area contributed by atoms with Crippen LogP contribution in [0, 0.1) is 25.6 Å². The third-order valence-electron chi connectivity index (χ3n) is 5.24. The molecule has 0 saturated carbocycles. The number of halogens is 1. The summed E-state index contributed by atoms with van der Waals surface area (Å²) in [7, 11) is 0. The van der Waals surface area contributed by atoms with Crippen LogP contribution in [0.5, 0.6) is 0 Å². The number of furan rings is 1. The molecule has 0 spiro atoms. The minimum Gasteiger partial charge on any atom is -0.443 e. The number of hydrogen-bond donors (Lipinski definition) is 1. The van der Waals surface area contributed by atoms with Crippen LogP contribution in [-0.2, 0) is 4.79 Å². The molecule has 1 aliphatic heterocycles. The monoisotopic (exact) mass is 368 g/mol. The Morgan fingerprint density at radius 1 is 1.22 bits per heavy atom. The Bertz CT molecular complexity index is 993. The van der Waals surface area contributed by atoms with Crippen molar-refractivity contribution >= 4 is 28.5 Å². The van der Waals surface area contributed by atoms with Crippen molar-refractivity contribution in [2.75, 3.05) is 23.3 Å². The zero-order valence-electron chi connectivity index (χ0n) is 15.3. The van der Waals surface area contributed by atoms with Crippen molar-refractivity contribution in [3.05, 3.63) is 47.7 Å². The zero-order valence-corrected chi connectivity index (χ0v) is 15.3. The largest absolute Gasteiger partial charge is 0.443 e. The molecular weight excluding hydrogens is 347 g/mol. The van der Waals surface area contributed by atoms with E-state index in [9.17, 15) is 9.18 Å². The molecule has 7 heteroatoms. The molecule has 3 heterocycles. The highest BCUT2D eigenvalue weighted by atomic mass is 19.1. The highest BCUT2D eigenvalue weighted by molar-refractivity contribution is 5.93. The van der Waals surface area contributed by atoms with Crippen LogP contribution in [0.1, 0.15) is 24.2 Å². The van der Waals surface area contributed by atoms with Gasteiger partial charge in [0.15, 0.2) is 0 Å². The SMILES string of the molecule is Cc1oc2ncnc(N3CCC(C(=O)Nc4ccccc4F)CC3)c2c1C. The standard InChI is InChI=1S/C20H21FN4O2/c1-12-13(2)27-20-17(12)18(22-11-23-20)25-9-7-14(8-10-25)19(26)24-16-6-4-3-5-15(16)21/h3-6,11,14H,7-10H2,1-2H3,(H,24,26). The lowest BCUT2D eigenvalue weighted by atomic mass is 9.95. The Morgan fingerprint density at radius 2 is 1.96 bits per heavy atom. The molecule has 140 valence electrons. The number of nitrogens with zero attached hydrogens (tertiary/aromatic N) is 3. The van der Waals surface area contributed by atoms with Gasteiger partial charge in [0.2, 0.25) is 11.6 Å². The molecule has 0 radical (unpaired) electrons. The van der Waals surface area contributed by atoms with Gasteiger partial charge in [-0.15, -0.1) is 0 Å². The van der Waals surface area contributed by atoms with Crippen molar-refractivity contribution in [1.82, 2.24) is 9.97 Å². The van der Waals surface area contributed by atoms with Crippen molar-refractivity contribution in [3.8, 4) is 0 Å². The molecule has 27 heavy (non-hydrogen) atoms. The van der Waals surface area contributed by atoms with Crippen LogP contribution >= 0.6 is 0 Å². The summed E-state index contributed by atoms with van der Waals surface area (Å²) in [5, 5.41) is 3.64. The maximum atomic E-state index is 13.7. The van der Waals surface area contributed by atoms with Crippen LogP contribution in [0.2, 0.25) is 0 Å². The number of anilines is 2. The quantitative estimate of drug-likeness (QED) is 0.761. The van der Waals surface area contributed by atoms with E-state index in [0.29, 0.717) is 31.6 Å². The molecule has 3 aromatic rings. The molecule has 1 aromatic carbocycles. The van der Waals surface area contributed by atoms with E-state index in [0.717, 1.165) is 22.5 Å². The van der Waals surface area contributed by atoms with E-state index in [1.807, 2.05) is 13.8 Å². The number of para-hydroxylation sites is 1. The van der Waals surface area contributed by atoms with Gasteiger partial charge >= 0.3 is 0 Å².